The van der Waals surface area contributed by atoms with E-state index >= 15 is 0 Å². The first-order valence-corrected chi connectivity index (χ1v) is 7.99. The van der Waals surface area contributed by atoms with E-state index in [1.54, 1.807) is 18.3 Å². The molecule has 2 heterocycles. The van der Waals surface area contributed by atoms with E-state index in [0.717, 1.165) is 18.5 Å². The Morgan fingerprint density at radius 3 is 2.50 bits per heavy atom. The van der Waals surface area contributed by atoms with Crippen molar-refractivity contribution in [2.45, 2.75) is 0 Å². The van der Waals surface area contributed by atoms with E-state index in [4.69, 9.17) is 0 Å². The molecule has 2 aromatic rings. The van der Waals surface area contributed by atoms with Crippen molar-refractivity contribution in [3.05, 3.63) is 30.5 Å². The molecule has 2 N–H and O–H groups in total. The van der Waals surface area contributed by atoms with Crippen LogP contribution < -0.4 is 10.6 Å². The average molecular weight is 344 g/mol. The quantitative estimate of drug-likeness (QED) is 0.868. The molecule has 0 bridgehead atoms. The molecule has 1 aromatic heterocycles. The third-order valence-electron chi connectivity index (χ3n) is 3.30. The summed E-state index contributed by atoms with van der Waals surface area (Å²) in [5.41, 5.74) is 1.32. The third-order valence-corrected chi connectivity index (χ3v) is 5.04. The molecule has 0 atom stereocenters. The largest absolute Gasteiger partial charge is 0.354 e. The van der Waals surface area contributed by atoms with Crippen molar-refractivity contribution in [3.63, 3.8) is 0 Å². The van der Waals surface area contributed by atoms with Crippen molar-refractivity contribution >= 4 is 45.2 Å². The lowest BCUT2D eigenvalue weighted by molar-refractivity contribution is 0.512. The highest BCUT2D eigenvalue weighted by molar-refractivity contribution is 7.87. The second-order valence-corrected chi connectivity index (χ2v) is 6.98. The van der Waals surface area contributed by atoms with Crippen LogP contribution in [0.15, 0.2) is 35.5 Å². The van der Waals surface area contributed by atoms with Crippen LogP contribution in [0.2, 0.25) is 0 Å². The van der Waals surface area contributed by atoms with E-state index in [9.17, 15) is 8.42 Å². The number of aliphatic imine (C=N–C) groups is 1. The van der Waals surface area contributed by atoms with Gasteiger partial charge in [-0.1, -0.05) is 6.07 Å². The number of fused-ring (bicyclic) bond motifs is 1. The number of nitrogens with zero attached hydrogens (tertiary/aromatic N) is 3. The van der Waals surface area contributed by atoms with E-state index in [0.29, 0.717) is 17.2 Å². The van der Waals surface area contributed by atoms with E-state index in [1.165, 1.54) is 22.4 Å². The van der Waals surface area contributed by atoms with E-state index in [2.05, 4.69) is 15.6 Å². The Morgan fingerprint density at radius 2 is 1.86 bits per heavy atom. The van der Waals surface area contributed by atoms with Gasteiger partial charge in [0.15, 0.2) is 5.96 Å². The highest BCUT2D eigenvalue weighted by Crippen LogP contribution is 2.24. The minimum Gasteiger partial charge on any atom is -0.354 e. The van der Waals surface area contributed by atoms with Crippen molar-refractivity contribution in [2.75, 3.05) is 27.2 Å². The van der Waals surface area contributed by atoms with Gasteiger partial charge >= 0.3 is 10.2 Å². The molecule has 0 radical (unpaired) electrons. The van der Waals surface area contributed by atoms with E-state index in [1.807, 2.05) is 12.1 Å². The number of aromatic nitrogens is 1. The van der Waals surface area contributed by atoms with Crippen LogP contribution >= 0.6 is 12.4 Å². The van der Waals surface area contributed by atoms with Gasteiger partial charge < -0.3 is 10.6 Å². The summed E-state index contributed by atoms with van der Waals surface area (Å²) < 4.78 is 27.0. The predicted octanol–water partition coefficient (Wildman–Crippen LogP) is 0.898. The molecule has 0 amide bonds. The summed E-state index contributed by atoms with van der Waals surface area (Å²) in [4.78, 5) is 4.43. The summed E-state index contributed by atoms with van der Waals surface area (Å²) in [7, 11) is -0.511. The second kappa shape index (κ2) is 6.15. The number of guanidine groups is 1. The fourth-order valence-corrected chi connectivity index (χ4v) is 3.14. The van der Waals surface area contributed by atoms with E-state index in [-0.39, 0.29) is 12.4 Å². The molecule has 1 aliphatic heterocycles. The molecule has 7 nitrogen and oxygen atoms in total. The third kappa shape index (κ3) is 2.90. The lowest BCUT2D eigenvalue weighted by atomic mass is 10.2. The summed E-state index contributed by atoms with van der Waals surface area (Å²) in [6, 6.07) is 7.28. The lowest BCUT2D eigenvalue weighted by Crippen LogP contribution is -2.28. The summed E-state index contributed by atoms with van der Waals surface area (Å²) in [6.07, 6.45) is 1.56. The van der Waals surface area contributed by atoms with Crippen molar-refractivity contribution in [2.24, 2.45) is 4.99 Å². The maximum atomic E-state index is 12.3. The first-order chi connectivity index (χ1) is 9.98. The van der Waals surface area contributed by atoms with Crippen LogP contribution in [0, 0.1) is 0 Å². The van der Waals surface area contributed by atoms with Crippen molar-refractivity contribution < 1.29 is 8.42 Å². The van der Waals surface area contributed by atoms with Gasteiger partial charge in [-0.25, -0.2) is 8.96 Å². The topological polar surface area (TPSA) is 78.7 Å². The Balaban J connectivity index is 0.00000176. The maximum Gasteiger partial charge on any atom is 0.307 e. The normalized spacial score (nSPS) is 14.6. The number of rotatable bonds is 3. The molecule has 0 aliphatic carbocycles. The number of hydrogen-bond acceptors (Lipinski definition) is 3. The van der Waals surface area contributed by atoms with Crippen molar-refractivity contribution in [3.8, 4) is 0 Å². The highest BCUT2D eigenvalue weighted by atomic mass is 35.5. The Morgan fingerprint density at radius 1 is 1.18 bits per heavy atom. The molecule has 0 saturated carbocycles. The maximum absolute atomic E-state index is 12.3. The van der Waals surface area contributed by atoms with Crippen LogP contribution in [-0.4, -0.2) is 49.8 Å². The summed E-state index contributed by atoms with van der Waals surface area (Å²) in [5, 5.41) is 7.09. The standard InChI is InChI=1S/C13H17N5O2S.ClH/c1-17(2)21(19,20)18-8-5-10-3-4-11(9-12(10)18)16-13-14-6-7-15-13;/h3-5,8-9H,6-7H2,1-2H3,(H2,14,15,16);1H. The molecule has 1 fully saturated rings. The minimum atomic E-state index is -3.53. The number of hydrogen-bond donors (Lipinski definition) is 2. The van der Waals surface area contributed by atoms with Crippen molar-refractivity contribution in [1.29, 1.82) is 0 Å². The fourth-order valence-electron chi connectivity index (χ4n) is 2.17. The summed E-state index contributed by atoms with van der Waals surface area (Å²) in [5.74, 6) is 0.711. The molecule has 22 heavy (non-hydrogen) atoms. The van der Waals surface area contributed by atoms with Gasteiger partial charge in [0.2, 0.25) is 0 Å². The van der Waals surface area contributed by atoms with Gasteiger partial charge in [0.1, 0.15) is 0 Å². The van der Waals surface area contributed by atoms with Gasteiger partial charge in [-0.2, -0.15) is 12.7 Å². The van der Waals surface area contributed by atoms with Crippen LogP contribution in [0.1, 0.15) is 0 Å². The van der Waals surface area contributed by atoms with Gasteiger partial charge in [-0.3, -0.25) is 0 Å². The second-order valence-electron chi connectivity index (χ2n) is 4.96. The van der Waals surface area contributed by atoms with Gasteiger partial charge in [0, 0.05) is 38.8 Å². The van der Waals surface area contributed by atoms with Gasteiger partial charge in [-0.15, -0.1) is 12.4 Å². The molecule has 120 valence electrons. The minimum absolute atomic E-state index is 0. The first-order valence-electron chi connectivity index (χ1n) is 6.59. The zero-order valence-corrected chi connectivity index (χ0v) is 13.9. The molecule has 9 heteroatoms. The molecule has 1 aliphatic rings. The van der Waals surface area contributed by atoms with Gasteiger partial charge in [0.25, 0.3) is 0 Å². The molecule has 1 aromatic carbocycles. The Hall–Kier alpha value is -1.77. The zero-order valence-electron chi connectivity index (χ0n) is 12.3. The Bertz CT molecular complexity index is 805. The Labute approximate surface area is 135 Å². The SMILES string of the molecule is CN(C)S(=O)(=O)n1ccc2ccc(N=C3NCCN3)cc21.Cl. The van der Waals surface area contributed by atoms with Crippen LogP contribution in [0.5, 0.6) is 0 Å². The predicted molar refractivity (Wildman–Crippen MR) is 90.3 cm³/mol. The lowest BCUT2D eigenvalue weighted by Gasteiger charge is -2.13. The molecular weight excluding hydrogens is 326 g/mol. The van der Waals surface area contributed by atoms with Gasteiger partial charge in [-0.05, 0) is 18.2 Å². The zero-order chi connectivity index (χ0) is 15.0. The molecule has 0 spiro atoms. The van der Waals surface area contributed by atoms with Gasteiger partial charge in [0.05, 0.1) is 11.2 Å². The molecule has 1 saturated heterocycles. The van der Waals surface area contributed by atoms with Crippen LogP contribution in [0.25, 0.3) is 10.9 Å². The molecular formula is C13H18ClN5O2S. The monoisotopic (exact) mass is 343 g/mol. The summed E-state index contributed by atoms with van der Waals surface area (Å²) >= 11 is 0. The number of benzene rings is 1. The fraction of sp³-hybridized carbons (Fsp3) is 0.308. The molecule has 0 unspecified atom stereocenters. The number of halogens is 1. The van der Waals surface area contributed by atoms with E-state index < -0.39 is 10.2 Å². The van der Waals surface area contributed by atoms with Crippen LogP contribution in [0.3, 0.4) is 0 Å². The van der Waals surface area contributed by atoms with Crippen molar-refractivity contribution in [1.82, 2.24) is 18.9 Å². The smallest absolute Gasteiger partial charge is 0.307 e. The summed E-state index contributed by atoms with van der Waals surface area (Å²) in [6.45, 7) is 1.68. The average Bonchev–Trinajstić information content (AvgIpc) is 3.07. The van der Waals surface area contributed by atoms with Crippen LogP contribution in [0.4, 0.5) is 5.69 Å². The van der Waals surface area contributed by atoms with Crippen LogP contribution in [-0.2, 0) is 10.2 Å². The Kier molecular flexibility index (Phi) is 4.64. The molecule has 3 rings (SSSR count). The number of nitrogens with one attached hydrogen (secondary N) is 2. The highest BCUT2D eigenvalue weighted by Gasteiger charge is 2.18. The first kappa shape index (κ1) is 16.6.